The molecule has 2 N–H and O–H groups in total. The predicted octanol–water partition coefficient (Wildman–Crippen LogP) is 11.7. The first-order valence-electron chi connectivity index (χ1n) is 20.9. The van der Waals surface area contributed by atoms with E-state index in [4.69, 9.17) is 9.47 Å². The van der Waals surface area contributed by atoms with Gasteiger partial charge >= 0.3 is 37.7 Å². The molecule has 320 valence electrons. The number of hydrogen-bond acceptors (Lipinski definition) is 9. The van der Waals surface area contributed by atoms with E-state index in [1.807, 2.05) is 24.3 Å². The van der Waals surface area contributed by atoms with Crippen molar-refractivity contribution in [3.8, 4) is 34.5 Å². The molecule has 0 atom stereocenters. The third-order valence-electron chi connectivity index (χ3n) is 9.83. The van der Waals surface area contributed by atoms with Crippen molar-refractivity contribution in [2.24, 2.45) is 0 Å². The second-order valence-corrected chi connectivity index (χ2v) is 17.6. The molecule has 0 aliphatic rings. The van der Waals surface area contributed by atoms with Gasteiger partial charge in [0.15, 0.2) is 0 Å². The molecule has 0 spiro atoms. The molecule has 0 amide bonds. The average Bonchev–Trinajstić information content (AvgIpc) is 3.18. The van der Waals surface area contributed by atoms with Gasteiger partial charge in [0.05, 0.1) is 4.90 Å². The maximum Gasteiger partial charge on any atom is 2.00 e. The van der Waals surface area contributed by atoms with Crippen LogP contribution >= 0.6 is 0 Å². The summed E-state index contributed by atoms with van der Waals surface area (Å²) >= 11 is 0. The van der Waals surface area contributed by atoms with E-state index < -0.39 is 35.8 Å². The third kappa shape index (κ3) is 21.5. The molecule has 0 aliphatic carbocycles. The summed E-state index contributed by atoms with van der Waals surface area (Å²) in [6.45, 7) is 4.47. The molecule has 4 rings (SSSR count). The summed E-state index contributed by atoms with van der Waals surface area (Å²) in [4.78, 5) is -1.10. The SMILES string of the molecule is CCCCCCCCCCCc1ccc(Oc2ccc(O)cc2S(=O)(=O)O)cc1.CCCCCCCCCCCc1ccc(Oc2ccc([O-])cc2S(=O)(=O)[O-])cc1.[Ca+2]. The number of hydrogen-bond donors (Lipinski definition) is 2. The van der Waals surface area contributed by atoms with Crippen molar-refractivity contribution in [3.05, 3.63) is 96.1 Å². The zero-order chi connectivity index (χ0) is 42.2. The number of ether oxygens (including phenoxy) is 2. The number of unbranched alkanes of at least 4 members (excludes halogenated alkanes) is 16. The number of phenolic OH excluding ortho intramolecular Hbond substituents is 1. The number of aryl methyl sites for hydroxylation is 2. The van der Waals surface area contributed by atoms with Gasteiger partial charge in [-0.3, -0.25) is 4.55 Å². The fraction of sp³-hybridized carbons (Fsp3) is 0.478. The molecule has 4 aromatic rings. The van der Waals surface area contributed by atoms with Crippen LogP contribution in [0.15, 0.2) is 94.7 Å². The Bertz CT molecular complexity index is 1840. The first-order chi connectivity index (χ1) is 27.8. The molecule has 4 aromatic carbocycles. The van der Waals surface area contributed by atoms with Crippen LogP contribution in [0, 0.1) is 0 Å². The summed E-state index contributed by atoms with van der Waals surface area (Å²) in [6.07, 6.45) is 25.3. The predicted molar refractivity (Wildman–Crippen MR) is 232 cm³/mol. The summed E-state index contributed by atoms with van der Waals surface area (Å²) < 4.78 is 77.4. The molecule has 10 nitrogen and oxygen atoms in total. The largest absolute Gasteiger partial charge is 2.00 e. The van der Waals surface area contributed by atoms with Crippen molar-refractivity contribution in [2.75, 3.05) is 0 Å². The molecule has 0 fully saturated rings. The Hall–Kier alpha value is -2.84. The Morgan fingerprint density at radius 3 is 1.27 bits per heavy atom. The van der Waals surface area contributed by atoms with E-state index in [-0.39, 0.29) is 55.0 Å². The molecule has 0 aliphatic heterocycles. The second kappa shape index (κ2) is 28.6. The Labute approximate surface area is 383 Å². The first kappa shape index (κ1) is 52.3. The standard InChI is InChI=1S/2C23H32O5S.Ca/c2*1-2-3-4-5-6-7-8-9-10-11-19-12-15-21(16-13-19)28-22-17-14-20(24)18-23(22)29(25,26)27;/h2*12-18,24H,2-11H2,1H3,(H,25,26,27);/q;;+2/p-2. The molecule has 0 bridgehead atoms. The summed E-state index contributed by atoms with van der Waals surface area (Å²) in [5.41, 5.74) is 2.40. The van der Waals surface area contributed by atoms with Crippen LogP contribution in [0.2, 0.25) is 0 Å². The van der Waals surface area contributed by atoms with Crippen LogP contribution in [0.3, 0.4) is 0 Å². The summed E-state index contributed by atoms with van der Waals surface area (Å²) in [5.74, 6) is -0.0894. The van der Waals surface area contributed by atoms with Crippen LogP contribution in [-0.2, 0) is 33.1 Å². The minimum Gasteiger partial charge on any atom is -0.872 e. The van der Waals surface area contributed by atoms with Gasteiger partial charge in [-0.2, -0.15) is 8.42 Å². The zero-order valence-corrected chi connectivity index (χ0v) is 38.8. The van der Waals surface area contributed by atoms with Crippen LogP contribution in [0.1, 0.15) is 141 Å². The number of phenols is 1. The normalized spacial score (nSPS) is 11.3. The average molecular weight is 879 g/mol. The van der Waals surface area contributed by atoms with Gasteiger partial charge in [0, 0.05) is 6.07 Å². The van der Waals surface area contributed by atoms with Crippen LogP contribution in [0.4, 0.5) is 0 Å². The van der Waals surface area contributed by atoms with Gasteiger partial charge in [0.25, 0.3) is 10.1 Å². The van der Waals surface area contributed by atoms with Gasteiger partial charge < -0.3 is 24.2 Å². The topological polar surface area (TPSA) is 173 Å². The minimum atomic E-state index is -4.79. The Morgan fingerprint density at radius 2 is 0.881 bits per heavy atom. The van der Waals surface area contributed by atoms with Crippen LogP contribution < -0.4 is 14.6 Å². The van der Waals surface area contributed by atoms with Gasteiger partial charge in [-0.25, -0.2) is 8.42 Å². The number of aromatic hydroxyl groups is 1. The molecule has 0 heterocycles. The fourth-order valence-electron chi connectivity index (χ4n) is 6.53. The minimum absolute atomic E-state index is 0. The number of rotatable bonds is 26. The molecule has 0 unspecified atom stereocenters. The molecule has 13 heteroatoms. The number of benzene rings is 4. The van der Waals surface area contributed by atoms with Crippen molar-refractivity contribution in [1.82, 2.24) is 0 Å². The van der Waals surface area contributed by atoms with E-state index >= 15 is 0 Å². The van der Waals surface area contributed by atoms with E-state index in [1.165, 1.54) is 138 Å². The zero-order valence-electron chi connectivity index (χ0n) is 34.9. The van der Waals surface area contributed by atoms with E-state index in [2.05, 4.69) is 13.8 Å². The van der Waals surface area contributed by atoms with Gasteiger partial charge in [-0.1, -0.05) is 147 Å². The van der Waals surface area contributed by atoms with Crippen molar-refractivity contribution in [2.45, 2.75) is 152 Å². The van der Waals surface area contributed by atoms with E-state index in [0.717, 1.165) is 37.8 Å². The van der Waals surface area contributed by atoms with E-state index in [9.17, 15) is 36.2 Å². The Morgan fingerprint density at radius 1 is 0.508 bits per heavy atom. The van der Waals surface area contributed by atoms with Crippen molar-refractivity contribution < 1.29 is 45.6 Å². The Balaban J connectivity index is 0.000000400. The van der Waals surface area contributed by atoms with Crippen LogP contribution in [0.25, 0.3) is 0 Å². The quantitative estimate of drug-likeness (QED) is 0.0351. The molecular weight excluding hydrogens is 817 g/mol. The van der Waals surface area contributed by atoms with Gasteiger partial charge in [0.2, 0.25) is 0 Å². The summed E-state index contributed by atoms with van der Waals surface area (Å²) in [7, 11) is -9.28. The molecule has 0 aromatic heterocycles. The van der Waals surface area contributed by atoms with Crippen molar-refractivity contribution in [3.63, 3.8) is 0 Å². The second-order valence-electron chi connectivity index (χ2n) is 14.8. The fourth-order valence-corrected chi connectivity index (χ4v) is 7.78. The smallest absolute Gasteiger partial charge is 0.872 e. The van der Waals surface area contributed by atoms with E-state index in [0.29, 0.717) is 11.5 Å². The van der Waals surface area contributed by atoms with Gasteiger partial charge in [0.1, 0.15) is 43.8 Å². The third-order valence-corrected chi connectivity index (χ3v) is 11.6. The van der Waals surface area contributed by atoms with Gasteiger partial charge in [-0.05, 0) is 85.3 Å². The van der Waals surface area contributed by atoms with Gasteiger partial charge in [-0.15, -0.1) is 5.75 Å². The first-order valence-corrected chi connectivity index (χ1v) is 23.8. The van der Waals surface area contributed by atoms with Crippen LogP contribution in [-0.4, -0.2) is 68.8 Å². The van der Waals surface area contributed by atoms with Crippen molar-refractivity contribution in [1.29, 1.82) is 0 Å². The van der Waals surface area contributed by atoms with Crippen LogP contribution in [0.5, 0.6) is 34.5 Å². The Kier molecular flexibility index (Phi) is 25.4. The molecule has 0 saturated carbocycles. The maximum atomic E-state index is 11.5. The summed E-state index contributed by atoms with van der Waals surface area (Å²) in [6, 6.07) is 21.6. The molecular formula is C46H62CaO10S2. The van der Waals surface area contributed by atoms with Crippen molar-refractivity contribution >= 4 is 58.0 Å². The summed E-state index contributed by atoms with van der Waals surface area (Å²) in [5, 5.41) is 20.8. The monoisotopic (exact) mass is 878 g/mol. The molecule has 59 heavy (non-hydrogen) atoms. The van der Waals surface area contributed by atoms with E-state index in [1.54, 1.807) is 24.3 Å². The molecule has 0 radical (unpaired) electrons. The maximum absolute atomic E-state index is 11.5. The molecule has 0 saturated heterocycles.